The third-order valence-corrected chi connectivity index (χ3v) is 5.27. The van der Waals surface area contributed by atoms with Gasteiger partial charge in [0.15, 0.2) is 0 Å². The van der Waals surface area contributed by atoms with E-state index in [0.717, 1.165) is 0 Å². The van der Waals surface area contributed by atoms with Gasteiger partial charge in [-0.25, -0.2) is 8.42 Å². The van der Waals surface area contributed by atoms with Crippen LogP contribution in [0.5, 0.6) is 11.5 Å². The van der Waals surface area contributed by atoms with Crippen molar-refractivity contribution in [2.45, 2.75) is 17.9 Å². The van der Waals surface area contributed by atoms with Crippen LogP contribution in [0.15, 0.2) is 47.4 Å². The van der Waals surface area contributed by atoms with E-state index in [1.54, 1.807) is 24.3 Å². The van der Waals surface area contributed by atoms with Gasteiger partial charge < -0.3 is 14.8 Å². The lowest BCUT2D eigenvalue weighted by molar-refractivity contribution is -0.117. The predicted octanol–water partition coefficient (Wildman–Crippen LogP) is 2.66. The standard InChI is InChI=1S/C17H19ClN2O5S/c1-11(17(21)19-13-5-4-6-14(10-13)24-2)20-26(22,23)16-9-12(18)7-8-15(16)25-3/h4-11,20H,1-3H3,(H,19,21)/t11-/m0/s1. The zero-order valence-corrected chi connectivity index (χ0v) is 16.0. The van der Waals surface area contributed by atoms with Crippen LogP contribution in [0.25, 0.3) is 0 Å². The first-order valence-electron chi connectivity index (χ1n) is 7.57. The maximum absolute atomic E-state index is 12.6. The average Bonchev–Trinajstić information content (AvgIpc) is 2.61. The van der Waals surface area contributed by atoms with Crippen LogP contribution in [0.4, 0.5) is 5.69 Å². The van der Waals surface area contributed by atoms with Crippen LogP contribution >= 0.6 is 11.6 Å². The molecule has 26 heavy (non-hydrogen) atoms. The summed E-state index contributed by atoms with van der Waals surface area (Å²) in [5.41, 5.74) is 0.487. The van der Waals surface area contributed by atoms with Crippen molar-refractivity contribution >= 4 is 33.2 Å². The van der Waals surface area contributed by atoms with Gasteiger partial charge in [0.05, 0.1) is 20.3 Å². The van der Waals surface area contributed by atoms with E-state index in [0.29, 0.717) is 11.4 Å². The summed E-state index contributed by atoms with van der Waals surface area (Å²) in [6, 6.07) is 9.91. The second-order valence-corrected chi connectivity index (χ2v) is 7.48. The molecule has 0 aromatic heterocycles. The number of carbonyl (C=O) groups is 1. The molecule has 0 aliphatic heterocycles. The Kier molecular flexibility index (Phi) is 6.47. The Morgan fingerprint density at radius 1 is 1.12 bits per heavy atom. The fourth-order valence-electron chi connectivity index (χ4n) is 2.16. The molecule has 2 aromatic rings. The molecule has 1 atom stereocenters. The highest BCUT2D eigenvalue weighted by Gasteiger charge is 2.25. The van der Waals surface area contributed by atoms with Crippen molar-refractivity contribution in [1.82, 2.24) is 4.72 Å². The van der Waals surface area contributed by atoms with Crippen LogP contribution in [0.2, 0.25) is 5.02 Å². The molecule has 2 N–H and O–H groups in total. The minimum Gasteiger partial charge on any atom is -0.497 e. The number of carbonyl (C=O) groups excluding carboxylic acids is 1. The molecule has 2 aromatic carbocycles. The summed E-state index contributed by atoms with van der Waals surface area (Å²) in [6.07, 6.45) is 0. The molecule has 1 amide bonds. The summed E-state index contributed by atoms with van der Waals surface area (Å²) < 4.78 is 37.6. The van der Waals surface area contributed by atoms with Crippen molar-refractivity contribution in [3.63, 3.8) is 0 Å². The van der Waals surface area contributed by atoms with Gasteiger partial charge in [-0.15, -0.1) is 0 Å². The van der Waals surface area contributed by atoms with Gasteiger partial charge in [0.25, 0.3) is 0 Å². The number of hydrogen-bond acceptors (Lipinski definition) is 5. The number of methoxy groups -OCH3 is 2. The summed E-state index contributed by atoms with van der Waals surface area (Å²) >= 11 is 5.88. The third kappa shape index (κ3) is 4.87. The van der Waals surface area contributed by atoms with Crippen molar-refractivity contribution < 1.29 is 22.7 Å². The zero-order valence-electron chi connectivity index (χ0n) is 14.4. The first-order valence-corrected chi connectivity index (χ1v) is 9.43. The van der Waals surface area contributed by atoms with Crippen molar-refractivity contribution in [3.05, 3.63) is 47.5 Å². The van der Waals surface area contributed by atoms with Crippen molar-refractivity contribution in [3.8, 4) is 11.5 Å². The topological polar surface area (TPSA) is 93.7 Å². The summed E-state index contributed by atoms with van der Waals surface area (Å²) in [7, 11) is -1.16. The van der Waals surface area contributed by atoms with E-state index in [1.807, 2.05) is 0 Å². The molecule has 0 aliphatic carbocycles. The molecule has 0 spiro atoms. The maximum Gasteiger partial charge on any atom is 0.245 e. The average molecular weight is 399 g/mol. The van der Waals surface area contributed by atoms with Gasteiger partial charge in [-0.05, 0) is 37.3 Å². The van der Waals surface area contributed by atoms with E-state index >= 15 is 0 Å². The zero-order chi connectivity index (χ0) is 19.3. The van der Waals surface area contributed by atoms with Crippen molar-refractivity contribution in [2.24, 2.45) is 0 Å². The lowest BCUT2D eigenvalue weighted by atomic mass is 10.2. The normalized spacial score (nSPS) is 12.3. The molecule has 0 unspecified atom stereocenters. The Bertz CT molecular complexity index is 902. The quantitative estimate of drug-likeness (QED) is 0.747. The minimum atomic E-state index is -4.02. The second kappa shape index (κ2) is 8.39. The summed E-state index contributed by atoms with van der Waals surface area (Å²) in [6.45, 7) is 1.43. The van der Waals surface area contributed by atoms with Gasteiger partial charge in [-0.1, -0.05) is 17.7 Å². The van der Waals surface area contributed by atoms with Gasteiger partial charge >= 0.3 is 0 Å². The van der Waals surface area contributed by atoms with Gasteiger partial charge in [0, 0.05) is 16.8 Å². The van der Waals surface area contributed by atoms with Crippen molar-refractivity contribution in [1.29, 1.82) is 0 Å². The Hall–Kier alpha value is -2.29. The van der Waals surface area contributed by atoms with Gasteiger partial charge in [-0.2, -0.15) is 4.72 Å². The van der Waals surface area contributed by atoms with E-state index in [1.165, 1.54) is 39.3 Å². The molecule has 9 heteroatoms. The fourth-order valence-corrected chi connectivity index (χ4v) is 3.80. The van der Waals surface area contributed by atoms with E-state index in [2.05, 4.69) is 10.0 Å². The Labute approximate surface area is 157 Å². The van der Waals surface area contributed by atoms with Gasteiger partial charge in [0.1, 0.15) is 16.4 Å². The number of ether oxygens (including phenoxy) is 2. The van der Waals surface area contributed by atoms with Crippen LogP contribution in [0.1, 0.15) is 6.92 Å². The Morgan fingerprint density at radius 2 is 1.85 bits per heavy atom. The predicted molar refractivity (Wildman–Crippen MR) is 99.4 cm³/mol. The van der Waals surface area contributed by atoms with E-state index in [4.69, 9.17) is 21.1 Å². The second-order valence-electron chi connectivity index (χ2n) is 5.36. The molecule has 2 rings (SSSR count). The maximum atomic E-state index is 12.6. The molecule has 7 nitrogen and oxygen atoms in total. The lowest BCUT2D eigenvalue weighted by Gasteiger charge is -2.16. The number of sulfonamides is 1. The summed E-state index contributed by atoms with van der Waals surface area (Å²) in [4.78, 5) is 12.2. The fraction of sp³-hybridized carbons (Fsp3) is 0.235. The smallest absolute Gasteiger partial charge is 0.245 e. The number of anilines is 1. The number of halogens is 1. The van der Waals surface area contributed by atoms with Crippen LogP contribution in [-0.4, -0.2) is 34.6 Å². The Morgan fingerprint density at radius 3 is 2.50 bits per heavy atom. The minimum absolute atomic E-state index is 0.127. The molecule has 0 aliphatic rings. The van der Waals surface area contributed by atoms with Crippen LogP contribution in [0.3, 0.4) is 0 Å². The molecule has 0 fully saturated rings. The van der Waals surface area contributed by atoms with Crippen molar-refractivity contribution in [2.75, 3.05) is 19.5 Å². The molecule has 0 bridgehead atoms. The number of hydrogen-bond donors (Lipinski definition) is 2. The largest absolute Gasteiger partial charge is 0.497 e. The number of nitrogens with one attached hydrogen (secondary N) is 2. The highest BCUT2D eigenvalue weighted by atomic mass is 35.5. The monoisotopic (exact) mass is 398 g/mol. The van der Waals surface area contributed by atoms with E-state index < -0.39 is 22.0 Å². The number of benzene rings is 2. The molecule has 0 saturated carbocycles. The van der Waals surface area contributed by atoms with Crippen LogP contribution in [-0.2, 0) is 14.8 Å². The molecular weight excluding hydrogens is 380 g/mol. The number of rotatable bonds is 7. The van der Waals surface area contributed by atoms with Gasteiger partial charge in [-0.3, -0.25) is 4.79 Å². The Balaban J connectivity index is 2.16. The lowest BCUT2D eigenvalue weighted by Crippen LogP contribution is -2.41. The molecular formula is C17H19ClN2O5S. The molecule has 0 saturated heterocycles. The van der Waals surface area contributed by atoms with Crippen LogP contribution in [0, 0.1) is 0 Å². The first kappa shape index (κ1) is 20.0. The molecule has 140 valence electrons. The van der Waals surface area contributed by atoms with Gasteiger partial charge in [0.2, 0.25) is 15.9 Å². The van der Waals surface area contributed by atoms with E-state index in [9.17, 15) is 13.2 Å². The van der Waals surface area contributed by atoms with Crippen LogP contribution < -0.4 is 19.5 Å². The summed E-state index contributed by atoms with van der Waals surface area (Å²) in [5, 5.41) is 2.86. The number of amides is 1. The third-order valence-electron chi connectivity index (χ3n) is 3.48. The summed E-state index contributed by atoms with van der Waals surface area (Å²) in [5.74, 6) is 0.171. The highest BCUT2D eigenvalue weighted by molar-refractivity contribution is 7.89. The van der Waals surface area contributed by atoms with E-state index in [-0.39, 0.29) is 15.7 Å². The molecule has 0 radical (unpaired) electrons. The SMILES string of the molecule is COc1cccc(NC(=O)[C@H](C)NS(=O)(=O)c2cc(Cl)ccc2OC)c1. The first-order chi connectivity index (χ1) is 12.3. The molecule has 0 heterocycles. The highest BCUT2D eigenvalue weighted by Crippen LogP contribution is 2.27.